The molecule has 0 bridgehead atoms. The van der Waals surface area contributed by atoms with Crippen LogP contribution in [0.15, 0.2) is 48.5 Å². The first kappa shape index (κ1) is 22.9. The van der Waals surface area contributed by atoms with Crippen LogP contribution in [-0.2, 0) is 15.8 Å². The van der Waals surface area contributed by atoms with Gasteiger partial charge in [-0.15, -0.1) is 0 Å². The van der Waals surface area contributed by atoms with Gasteiger partial charge in [0.1, 0.15) is 5.75 Å². The van der Waals surface area contributed by atoms with Gasteiger partial charge in [-0.2, -0.15) is 13.2 Å². The lowest BCUT2D eigenvalue weighted by Crippen LogP contribution is -2.51. The highest BCUT2D eigenvalue weighted by Gasteiger charge is 2.30. The average Bonchev–Trinajstić information content (AvgIpc) is 2.74. The van der Waals surface area contributed by atoms with Crippen LogP contribution >= 0.6 is 11.6 Å². The summed E-state index contributed by atoms with van der Waals surface area (Å²) >= 11 is 6.03. The predicted molar refractivity (Wildman–Crippen MR) is 110 cm³/mol. The largest absolute Gasteiger partial charge is 0.484 e. The first-order valence-electron chi connectivity index (χ1n) is 9.57. The topological polar surface area (TPSA) is 61.9 Å². The number of halogens is 4. The van der Waals surface area contributed by atoms with E-state index in [0.29, 0.717) is 36.9 Å². The van der Waals surface area contributed by atoms with Gasteiger partial charge in [0.05, 0.1) is 22.8 Å². The second kappa shape index (κ2) is 10.0. The number of ether oxygens (including phenoxy) is 1. The van der Waals surface area contributed by atoms with Gasteiger partial charge in [-0.25, -0.2) is 0 Å². The molecule has 1 N–H and O–H groups in total. The van der Waals surface area contributed by atoms with Gasteiger partial charge in [-0.1, -0.05) is 29.8 Å². The average molecular weight is 456 g/mol. The Labute approximate surface area is 182 Å². The quantitative estimate of drug-likeness (QED) is 0.724. The third-order valence-electron chi connectivity index (χ3n) is 4.76. The van der Waals surface area contributed by atoms with Gasteiger partial charge >= 0.3 is 6.18 Å². The molecule has 10 heteroatoms. The molecular weight excluding hydrogens is 435 g/mol. The summed E-state index contributed by atoms with van der Waals surface area (Å²) in [6.45, 7) is 1.58. The normalized spacial score (nSPS) is 14.9. The summed E-state index contributed by atoms with van der Waals surface area (Å²) in [5, 5.41) is 3.20. The van der Waals surface area contributed by atoms with Gasteiger partial charge < -0.3 is 15.0 Å². The number of alkyl halides is 3. The Hall–Kier alpha value is -2.78. The van der Waals surface area contributed by atoms with E-state index in [9.17, 15) is 22.8 Å². The minimum absolute atomic E-state index is 0.0157. The Morgan fingerprint density at radius 3 is 2.42 bits per heavy atom. The van der Waals surface area contributed by atoms with Gasteiger partial charge in [0.25, 0.3) is 5.91 Å². The predicted octanol–water partition coefficient (Wildman–Crippen LogP) is 3.52. The molecule has 6 nitrogen and oxygen atoms in total. The summed E-state index contributed by atoms with van der Waals surface area (Å²) < 4.78 is 43.5. The van der Waals surface area contributed by atoms with Crippen molar-refractivity contribution in [2.75, 3.05) is 44.6 Å². The van der Waals surface area contributed by atoms with Gasteiger partial charge in [0.2, 0.25) is 5.91 Å². The standard InChI is InChI=1S/C21H21ClF3N3O3/c22-17-6-1-2-7-18(17)26-19(29)13-27-8-10-28(11-9-27)20(30)14-31-16-5-3-4-15(12-16)21(23,24)25/h1-7,12H,8-11,13-14H2,(H,26,29). The summed E-state index contributed by atoms with van der Waals surface area (Å²) in [4.78, 5) is 28.0. The van der Waals surface area contributed by atoms with Crippen molar-refractivity contribution in [3.8, 4) is 5.75 Å². The van der Waals surface area contributed by atoms with Crippen molar-refractivity contribution in [3.63, 3.8) is 0 Å². The number of nitrogens with one attached hydrogen (secondary N) is 1. The fraction of sp³-hybridized carbons (Fsp3) is 0.333. The lowest BCUT2D eigenvalue weighted by atomic mass is 10.2. The van der Waals surface area contributed by atoms with E-state index in [0.717, 1.165) is 12.1 Å². The maximum atomic E-state index is 12.8. The van der Waals surface area contributed by atoms with E-state index < -0.39 is 11.7 Å². The molecule has 0 saturated carbocycles. The number of nitrogens with zero attached hydrogens (tertiary/aromatic N) is 2. The molecule has 166 valence electrons. The van der Waals surface area contributed by atoms with Gasteiger partial charge in [-0.3, -0.25) is 14.5 Å². The van der Waals surface area contributed by atoms with Crippen molar-refractivity contribution >= 4 is 29.1 Å². The van der Waals surface area contributed by atoms with Crippen molar-refractivity contribution in [2.45, 2.75) is 6.18 Å². The fourth-order valence-corrected chi connectivity index (χ4v) is 3.29. The van der Waals surface area contributed by atoms with E-state index in [2.05, 4.69) is 5.32 Å². The molecule has 2 aromatic carbocycles. The molecule has 1 aliphatic heterocycles. The van der Waals surface area contributed by atoms with Crippen LogP contribution in [0.4, 0.5) is 18.9 Å². The Morgan fingerprint density at radius 1 is 1.03 bits per heavy atom. The van der Waals surface area contributed by atoms with Gasteiger partial charge in [0, 0.05) is 26.2 Å². The molecule has 1 saturated heterocycles. The zero-order valence-electron chi connectivity index (χ0n) is 16.5. The monoisotopic (exact) mass is 455 g/mol. The molecule has 0 unspecified atom stereocenters. The Morgan fingerprint density at radius 2 is 1.74 bits per heavy atom. The number of carbonyl (C=O) groups excluding carboxylic acids is 2. The first-order valence-corrected chi connectivity index (χ1v) is 9.95. The lowest BCUT2D eigenvalue weighted by molar-refractivity contribution is -0.137. The third kappa shape index (κ3) is 6.60. The number of anilines is 1. The molecule has 1 fully saturated rings. The maximum Gasteiger partial charge on any atom is 0.416 e. The van der Waals surface area contributed by atoms with Crippen LogP contribution < -0.4 is 10.1 Å². The molecule has 0 aliphatic carbocycles. The zero-order valence-corrected chi connectivity index (χ0v) is 17.2. The van der Waals surface area contributed by atoms with E-state index in [4.69, 9.17) is 16.3 Å². The van der Waals surface area contributed by atoms with Crippen LogP contribution in [0.2, 0.25) is 5.02 Å². The summed E-state index contributed by atoms with van der Waals surface area (Å²) in [5.41, 5.74) is -0.296. The van der Waals surface area contributed by atoms with Crippen molar-refractivity contribution < 1.29 is 27.5 Å². The van der Waals surface area contributed by atoms with Gasteiger partial charge in [-0.05, 0) is 30.3 Å². The molecule has 0 spiro atoms. The molecule has 0 aromatic heterocycles. The fourth-order valence-electron chi connectivity index (χ4n) is 3.11. The molecule has 1 heterocycles. The third-order valence-corrected chi connectivity index (χ3v) is 5.09. The summed E-state index contributed by atoms with van der Waals surface area (Å²) in [6.07, 6.45) is -4.47. The molecule has 0 radical (unpaired) electrons. The van der Waals surface area contributed by atoms with Crippen LogP contribution in [0.1, 0.15) is 5.56 Å². The number of hydrogen-bond donors (Lipinski definition) is 1. The highest BCUT2D eigenvalue weighted by molar-refractivity contribution is 6.33. The SMILES string of the molecule is O=C(CN1CCN(C(=O)COc2cccc(C(F)(F)F)c2)CC1)Nc1ccccc1Cl. The first-order chi connectivity index (χ1) is 14.7. The minimum atomic E-state index is -4.47. The molecule has 31 heavy (non-hydrogen) atoms. The van der Waals surface area contributed by atoms with Crippen molar-refractivity contribution in [3.05, 3.63) is 59.1 Å². The maximum absolute atomic E-state index is 12.8. The highest BCUT2D eigenvalue weighted by Crippen LogP contribution is 2.31. The van der Waals surface area contributed by atoms with Crippen molar-refractivity contribution in [1.29, 1.82) is 0 Å². The van der Waals surface area contributed by atoms with Crippen LogP contribution in [0.5, 0.6) is 5.75 Å². The Bertz CT molecular complexity index is 931. The molecule has 3 rings (SSSR count). The lowest BCUT2D eigenvalue weighted by Gasteiger charge is -2.34. The molecular formula is C21H21ClF3N3O3. The van der Waals surface area contributed by atoms with Crippen molar-refractivity contribution in [1.82, 2.24) is 9.80 Å². The number of benzene rings is 2. The highest BCUT2D eigenvalue weighted by atomic mass is 35.5. The summed E-state index contributed by atoms with van der Waals surface area (Å²) in [5.74, 6) is -0.545. The number of para-hydroxylation sites is 1. The molecule has 0 atom stereocenters. The summed E-state index contributed by atoms with van der Waals surface area (Å²) in [7, 11) is 0. The Balaban J connectivity index is 1.42. The number of carbonyl (C=O) groups is 2. The van der Waals surface area contributed by atoms with E-state index in [1.807, 2.05) is 4.90 Å². The van der Waals surface area contributed by atoms with E-state index in [1.165, 1.54) is 12.1 Å². The second-order valence-electron chi connectivity index (χ2n) is 7.00. The second-order valence-corrected chi connectivity index (χ2v) is 7.41. The van der Waals surface area contributed by atoms with Crippen LogP contribution in [0.25, 0.3) is 0 Å². The van der Waals surface area contributed by atoms with Crippen molar-refractivity contribution in [2.24, 2.45) is 0 Å². The number of amides is 2. The number of rotatable bonds is 6. The number of hydrogen-bond acceptors (Lipinski definition) is 4. The van der Waals surface area contributed by atoms with Crippen LogP contribution in [0.3, 0.4) is 0 Å². The van der Waals surface area contributed by atoms with E-state index in [1.54, 1.807) is 29.2 Å². The van der Waals surface area contributed by atoms with Crippen LogP contribution in [-0.4, -0.2) is 60.9 Å². The van der Waals surface area contributed by atoms with Gasteiger partial charge in [0.15, 0.2) is 6.61 Å². The van der Waals surface area contributed by atoms with E-state index >= 15 is 0 Å². The van der Waals surface area contributed by atoms with Crippen LogP contribution in [0, 0.1) is 0 Å². The molecule has 1 aliphatic rings. The Kier molecular flexibility index (Phi) is 7.40. The molecule has 2 aromatic rings. The number of piperazine rings is 1. The summed E-state index contributed by atoms with van der Waals surface area (Å²) in [6, 6.07) is 11.3. The minimum Gasteiger partial charge on any atom is -0.484 e. The van der Waals surface area contributed by atoms with E-state index in [-0.39, 0.29) is 30.7 Å². The zero-order chi connectivity index (χ0) is 22.4. The smallest absolute Gasteiger partial charge is 0.416 e. The molecule has 2 amide bonds.